The zero-order valence-electron chi connectivity index (χ0n) is 12.5. The number of halogens is 1. The van der Waals surface area contributed by atoms with Crippen LogP contribution in [0.15, 0.2) is 34.9 Å². The van der Waals surface area contributed by atoms with Gasteiger partial charge in [-0.3, -0.25) is 9.59 Å². The summed E-state index contributed by atoms with van der Waals surface area (Å²) in [5.41, 5.74) is 1.42. The summed E-state index contributed by atoms with van der Waals surface area (Å²) in [6.45, 7) is 2.19. The molecule has 0 unspecified atom stereocenters. The Balaban J connectivity index is 2.01. The van der Waals surface area contributed by atoms with Gasteiger partial charge in [0.15, 0.2) is 5.78 Å². The number of carbonyl (C=O) groups is 2. The highest BCUT2D eigenvalue weighted by Gasteiger charge is 2.30. The van der Waals surface area contributed by atoms with E-state index in [2.05, 4.69) is 6.92 Å². The van der Waals surface area contributed by atoms with Crippen molar-refractivity contribution in [2.24, 2.45) is 0 Å². The molecule has 0 amide bonds. The fraction of sp³-hybridized carbons (Fsp3) is 0.444. The first-order chi connectivity index (χ1) is 10.2. The Labute approximate surface area is 131 Å². The molecule has 1 aliphatic carbocycles. The van der Waals surface area contributed by atoms with E-state index in [1.54, 1.807) is 24.3 Å². The Morgan fingerprint density at radius 2 is 1.43 bits per heavy atom. The van der Waals surface area contributed by atoms with E-state index in [1.807, 2.05) is 0 Å². The average molecular weight is 305 g/mol. The summed E-state index contributed by atoms with van der Waals surface area (Å²) in [7, 11) is 0. The van der Waals surface area contributed by atoms with E-state index in [0.717, 1.165) is 12.8 Å². The summed E-state index contributed by atoms with van der Waals surface area (Å²) in [6, 6.07) is 6.91. The van der Waals surface area contributed by atoms with Crippen molar-refractivity contribution < 1.29 is 9.59 Å². The van der Waals surface area contributed by atoms with Crippen LogP contribution < -0.4 is 0 Å². The van der Waals surface area contributed by atoms with Gasteiger partial charge in [0.2, 0.25) is 5.78 Å². The maximum Gasteiger partial charge on any atom is 0.205 e. The van der Waals surface area contributed by atoms with Crippen LogP contribution >= 0.6 is 11.6 Å². The van der Waals surface area contributed by atoms with Gasteiger partial charge in [-0.05, 0) is 12.8 Å². The van der Waals surface area contributed by atoms with Crippen molar-refractivity contribution >= 4 is 23.2 Å². The molecule has 0 atom stereocenters. The van der Waals surface area contributed by atoms with Gasteiger partial charge in [0.05, 0.1) is 5.03 Å². The zero-order valence-corrected chi connectivity index (χ0v) is 13.2. The minimum atomic E-state index is -0.215. The Morgan fingerprint density at radius 3 is 2.10 bits per heavy atom. The van der Waals surface area contributed by atoms with Crippen molar-refractivity contribution in [3.05, 3.63) is 46.0 Å². The van der Waals surface area contributed by atoms with Crippen LogP contribution in [0.3, 0.4) is 0 Å². The molecule has 0 spiro atoms. The Bertz CT molecular complexity index is 572. The van der Waals surface area contributed by atoms with Crippen LogP contribution in [0.4, 0.5) is 0 Å². The van der Waals surface area contributed by atoms with Crippen LogP contribution in [0, 0.1) is 0 Å². The molecule has 1 aromatic carbocycles. The van der Waals surface area contributed by atoms with Crippen LogP contribution in [-0.4, -0.2) is 11.6 Å². The zero-order chi connectivity index (χ0) is 15.2. The number of hydrogen-bond acceptors (Lipinski definition) is 2. The first-order valence-corrected chi connectivity index (χ1v) is 8.11. The smallest absolute Gasteiger partial charge is 0.205 e. The molecule has 112 valence electrons. The Hall–Kier alpha value is -1.41. The summed E-state index contributed by atoms with van der Waals surface area (Å²) in [5.74, 6) is -0.295. The van der Waals surface area contributed by atoms with Gasteiger partial charge in [0.1, 0.15) is 0 Å². The molecular weight excluding hydrogens is 284 g/mol. The van der Waals surface area contributed by atoms with Crippen LogP contribution in [0.1, 0.15) is 72.6 Å². The molecule has 1 aliphatic rings. The highest BCUT2D eigenvalue weighted by molar-refractivity contribution is 6.50. The fourth-order valence-electron chi connectivity index (χ4n) is 2.70. The third-order valence-electron chi connectivity index (χ3n) is 3.94. The Morgan fingerprint density at radius 1 is 0.857 bits per heavy atom. The van der Waals surface area contributed by atoms with Crippen molar-refractivity contribution in [2.45, 2.75) is 51.9 Å². The predicted molar refractivity (Wildman–Crippen MR) is 86.0 cm³/mol. The molecule has 0 saturated heterocycles. The molecule has 0 N–H and O–H groups in total. The fourth-order valence-corrected chi connectivity index (χ4v) is 2.98. The topological polar surface area (TPSA) is 34.1 Å². The molecule has 0 radical (unpaired) electrons. The molecule has 1 aromatic rings. The lowest BCUT2D eigenvalue weighted by Gasteiger charge is -2.17. The van der Waals surface area contributed by atoms with Crippen molar-refractivity contribution in [1.82, 2.24) is 0 Å². The number of allylic oxidation sites excluding steroid dienone is 2. The van der Waals surface area contributed by atoms with E-state index in [-0.39, 0.29) is 16.6 Å². The second-order valence-electron chi connectivity index (χ2n) is 5.51. The standard InChI is InChI=1S/C18H21ClO2/c1-2-3-4-5-6-7-12-15-16(19)18(21)14-11-9-8-10-13(14)17(15)20/h8-11H,2-7,12H2,1H3. The number of unbranched alkanes of at least 4 members (excludes halogenated alkanes) is 5. The molecule has 0 aliphatic heterocycles. The second-order valence-corrected chi connectivity index (χ2v) is 5.89. The van der Waals surface area contributed by atoms with Crippen molar-refractivity contribution in [3.8, 4) is 0 Å². The molecule has 21 heavy (non-hydrogen) atoms. The van der Waals surface area contributed by atoms with Gasteiger partial charge in [0.25, 0.3) is 0 Å². The van der Waals surface area contributed by atoms with E-state index in [9.17, 15) is 9.59 Å². The number of ketones is 2. The minimum Gasteiger partial charge on any atom is -0.289 e. The SMILES string of the molecule is CCCCCCCCC1=C(Cl)C(=O)c2ccccc2C1=O. The van der Waals surface area contributed by atoms with Crippen molar-refractivity contribution in [3.63, 3.8) is 0 Å². The Kier molecular flexibility index (Phi) is 5.75. The van der Waals surface area contributed by atoms with E-state index in [1.165, 1.54) is 25.7 Å². The van der Waals surface area contributed by atoms with E-state index >= 15 is 0 Å². The van der Waals surface area contributed by atoms with Gasteiger partial charge in [-0.1, -0.05) is 74.9 Å². The summed E-state index contributed by atoms with van der Waals surface area (Å²) in [6.07, 6.45) is 7.49. The van der Waals surface area contributed by atoms with Gasteiger partial charge >= 0.3 is 0 Å². The van der Waals surface area contributed by atoms with Crippen LogP contribution in [0.2, 0.25) is 0 Å². The van der Waals surface area contributed by atoms with Crippen LogP contribution in [-0.2, 0) is 0 Å². The predicted octanol–water partition coefficient (Wildman–Crippen LogP) is 5.31. The van der Waals surface area contributed by atoms with Gasteiger partial charge in [-0.15, -0.1) is 0 Å². The van der Waals surface area contributed by atoms with Gasteiger partial charge in [0, 0.05) is 16.7 Å². The van der Waals surface area contributed by atoms with Crippen molar-refractivity contribution in [1.29, 1.82) is 0 Å². The third kappa shape index (κ3) is 3.62. The highest BCUT2D eigenvalue weighted by atomic mass is 35.5. The first-order valence-electron chi connectivity index (χ1n) is 7.74. The molecule has 3 heteroatoms. The molecule has 0 heterocycles. The molecule has 0 fully saturated rings. The van der Waals surface area contributed by atoms with Gasteiger partial charge in [-0.25, -0.2) is 0 Å². The van der Waals surface area contributed by atoms with Crippen LogP contribution in [0.25, 0.3) is 0 Å². The summed E-state index contributed by atoms with van der Waals surface area (Å²) < 4.78 is 0. The molecule has 2 rings (SSSR count). The number of hydrogen-bond donors (Lipinski definition) is 0. The number of rotatable bonds is 7. The normalized spacial score (nSPS) is 14.6. The second kappa shape index (κ2) is 7.56. The number of fused-ring (bicyclic) bond motifs is 1. The summed E-state index contributed by atoms with van der Waals surface area (Å²) >= 11 is 6.13. The van der Waals surface area contributed by atoms with Crippen LogP contribution in [0.5, 0.6) is 0 Å². The lowest BCUT2D eigenvalue weighted by molar-refractivity contribution is 0.0977. The molecule has 0 bridgehead atoms. The molecule has 2 nitrogen and oxygen atoms in total. The molecular formula is C18H21ClO2. The molecule has 0 aromatic heterocycles. The van der Waals surface area contributed by atoms with E-state index < -0.39 is 0 Å². The lowest BCUT2D eigenvalue weighted by Crippen LogP contribution is -2.19. The largest absolute Gasteiger partial charge is 0.289 e. The average Bonchev–Trinajstić information content (AvgIpc) is 2.51. The number of benzene rings is 1. The summed E-state index contributed by atoms with van der Waals surface area (Å²) in [5, 5.41) is 0.118. The first kappa shape index (κ1) is 16.0. The van der Waals surface area contributed by atoms with Gasteiger partial charge < -0.3 is 0 Å². The summed E-state index contributed by atoms with van der Waals surface area (Å²) in [4.78, 5) is 24.6. The molecule has 0 saturated carbocycles. The van der Waals surface area contributed by atoms with Crippen molar-refractivity contribution in [2.75, 3.05) is 0 Å². The maximum absolute atomic E-state index is 12.4. The van der Waals surface area contributed by atoms with Gasteiger partial charge in [-0.2, -0.15) is 0 Å². The maximum atomic E-state index is 12.4. The number of carbonyl (C=O) groups excluding carboxylic acids is 2. The lowest BCUT2D eigenvalue weighted by atomic mass is 9.87. The van der Waals surface area contributed by atoms with E-state index in [0.29, 0.717) is 23.1 Å². The number of Topliss-reactive ketones (excluding diaryl/α,β-unsaturated/α-hetero) is 2. The quantitative estimate of drug-likeness (QED) is 0.640. The third-order valence-corrected chi connectivity index (χ3v) is 4.33. The van der Waals surface area contributed by atoms with E-state index in [4.69, 9.17) is 11.6 Å². The monoisotopic (exact) mass is 304 g/mol. The highest BCUT2D eigenvalue weighted by Crippen LogP contribution is 2.31. The minimum absolute atomic E-state index is 0.0799.